The molecule has 0 aliphatic carbocycles. The molecule has 0 radical (unpaired) electrons. The van der Waals surface area contributed by atoms with Crippen molar-refractivity contribution < 1.29 is 48.8 Å². The number of aliphatic hydroxyl groups is 1. The maximum atomic E-state index is 10.9. The van der Waals surface area contributed by atoms with Gasteiger partial charge in [-0.25, -0.2) is 9.59 Å². The lowest BCUT2D eigenvalue weighted by molar-refractivity contribution is -0.163. The maximum absolute atomic E-state index is 10.9. The van der Waals surface area contributed by atoms with Gasteiger partial charge in [-0.1, -0.05) is 59.6 Å². The Bertz CT molecular complexity index is 1010. The van der Waals surface area contributed by atoms with Crippen molar-refractivity contribution in [2.45, 2.75) is 33.0 Å². The SMILES string of the molecule is CC(=O)OC(C)=O.CC(=O)O[C@@H](C(=O)O)c1ccccc1Cl.O=C(O)[C@H](O)c1ccccc1Cl. The zero-order valence-corrected chi connectivity index (χ0v) is 19.7. The molecule has 0 spiro atoms. The Labute approximate surface area is 204 Å². The molecule has 2 atom stereocenters. The van der Waals surface area contributed by atoms with Crippen molar-refractivity contribution in [2.24, 2.45) is 0 Å². The number of esters is 3. The van der Waals surface area contributed by atoms with E-state index in [1.807, 2.05) is 0 Å². The Morgan fingerprint density at radius 3 is 1.41 bits per heavy atom. The number of ether oxygens (including phenoxy) is 2. The average molecular weight is 517 g/mol. The molecule has 0 unspecified atom stereocenters. The van der Waals surface area contributed by atoms with Crippen molar-refractivity contribution in [2.75, 3.05) is 0 Å². The van der Waals surface area contributed by atoms with Gasteiger partial charge in [0.15, 0.2) is 6.10 Å². The third-order valence-electron chi connectivity index (χ3n) is 3.42. The molecule has 0 bridgehead atoms. The summed E-state index contributed by atoms with van der Waals surface area (Å²) in [7, 11) is 0. The monoisotopic (exact) mass is 516 g/mol. The van der Waals surface area contributed by atoms with Crippen LogP contribution in [0.1, 0.15) is 44.1 Å². The van der Waals surface area contributed by atoms with Crippen LogP contribution < -0.4 is 0 Å². The first-order chi connectivity index (χ1) is 15.8. The first kappa shape index (κ1) is 30.5. The highest BCUT2D eigenvalue weighted by Crippen LogP contribution is 2.25. The quantitative estimate of drug-likeness (QED) is 0.394. The molecule has 12 heteroatoms. The molecule has 0 saturated carbocycles. The molecule has 0 saturated heterocycles. The summed E-state index contributed by atoms with van der Waals surface area (Å²) in [4.78, 5) is 51.5. The highest BCUT2D eigenvalue weighted by molar-refractivity contribution is 6.32. The summed E-state index contributed by atoms with van der Waals surface area (Å²) < 4.78 is 8.63. The predicted octanol–water partition coefficient (Wildman–Crippen LogP) is 3.58. The van der Waals surface area contributed by atoms with E-state index in [2.05, 4.69) is 9.47 Å². The molecule has 3 N–H and O–H groups in total. The van der Waals surface area contributed by atoms with Gasteiger partial charge in [0.25, 0.3) is 0 Å². The van der Waals surface area contributed by atoms with E-state index in [0.29, 0.717) is 0 Å². The zero-order chi connectivity index (χ0) is 26.4. The molecular weight excluding hydrogens is 495 g/mol. The van der Waals surface area contributed by atoms with Gasteiger partial charge in [0.1, 0.15) is 0 Å². The smallest absolute Gasteiger partial charge is 0.349 e. The van der Waals surface area contributed by atoms with Gasteiger partial charge in [-0.05, 0) is 12.1 Å². The molecule has 0 amide bonds. The largest absolute Gasteiger partial charge is 0.479 e. The molecule has 2 rings (SSSR count). The van der Waals surface area contributed by atoms with Crippen LogP contribution >= 0.6 is 23.2 Å². The summed E-state index contributed by atoms with van der Waals surface area (Å²) in [6.07, 6.45) is -2.89. The van der Waals surface area contributed by atoms with E-state index >= 15 is 0 Å². The van der Waals surface area contributed by atoms with E-state index in [1.54, 1.807) is 24.3 Å². The number of carbonyl (C=O) groups excluding carboxylic acids is 3. The lowest BCUT2D eigenvalue weighted by Crippen LogP contribution is -2.18. The number of aliphatic hydroxyl groups excluding tert-OH is 1. The minimum absolute atomic E-state index is 0.215. The van der Waals surface area contributed by atoms with E-state index < -0.39 is 42.1 Å². The molecule has 0 aromatic heterocycles. The van der Waals surface area contributed by atoms with Gasteiger partial charge in [0.2, 0.25) is 6.10 Å². The second-order valence-electron chi connectivity index (χ2n) is 6.20. The van der Waals surface area contributed by atoms with Crippen LogP contribution in [0.15, 0.2) is 48.5 Å². The van der Waals surface area contributed by atoms with Crippen LogP contribution in [0.3, 0.4) is 0 Å². The van der Waals surface area contributed by atoms with Gasteiger partial charge >= 0.3 is 29.8 Å². The maximum Gasteiger partial charge on any atom is 0.349 e. The molecular formula is C22H22Cl2O10. The summed E-state index contributed by atoms with van der Waals surface area (Å²) in [6, 6.07) is 12.6. The number of hydrogen-bond donors (Lipinski definition) is 3. The standard InChI is InChI=1S/C10H9ClO4.C8H7ClO3.C4H6O3/c1-6(12)15-9(10(13)14)7-4-2-3-5-8(7)11;9-6-4-2-1-3-5(6)7(10)8(11)12;1-3(5)7-4(2)6/h2-5,9H,1H3,(H,13,14);1-4,7,10H,(H,11,12);1-2H3/t9-;7-;/m11./s1. The second kappa shape index (κ2) is 15.4. The molecule has 2 aromatic carbocycles. The Morgan fingerprint density at radius 2 is 1.12 bits per heavy atom. The molecule has 184 valence electrons. The first-order valence-electron chi connectivity index (χ1n) is 9.26. The highest BCUT2D eigenvalue weighted by atomic mass is 35.5. The molecule has 2 aromatic rings. The molecule has 0 aliphatic heterocycles. The number of carboxylic acids is 2. The minimum Gasteiger partial charge on any atom is -0.479 e. The highest BCUT2D eigenvalue weighted by Gasteiger charge is 2.24. The van der Waals surface area contributed by atoms with Crippen LogP contribution in [0.4, 0.5) is 0 Å². The van der Waals surface area contributed by atoms with Crippen molar-refractivity contribution in [3.63, 3.8) is 0 Å². The van der Waals surface area contributed by atoms with Crippen LogP contribution in [0.25, 0.3) is 0 Å². The number of rotatable bonds is 5. The van der Waals surface area contributed by atoms with Crippen LogP contribution in [0.5, 0.6) is 0 Å². The van der Waals surface area contributed by atoms with Gasteiger partial charge in [0, 0.05) is 41.9 Å². The van der Waals surface area contributed by atoms with Gasteiger partial charge in [-0.3, -0.25) is 14.4 Å². The zero-order valence-electron chi connectivity index (χ0n) is 18.2. The predicted molar refractivity (Wildman–Crippen MR) is 120 cm³/mol. The van der Waals surface area contributed by atoms with Crippen LogP contribution in [0.2, 0.25) is 10.0 Å². The minimum atomic E-state index is -1.54. The molecule has 10 nitrogen and oxygen atoms in total. The fourth-order valence-corrected chi connectivity index (χ4v) is 2.61. The molecule has 0 aliphatic rings. The lowest BCUT2D eigenvalue weighted by Gasteiger charge is -2.13. The summed E-state index contributed by atoms with van der Waals surface area (Å²) in [5.74, 6) is -4.34. The van der Waals surface area contributed by atoms with Gasteiger partial charge in [-0.2, -0.15) is 0 Å². The number of aliphatic carboxylic acids is 2. The summed E-state index contributed by atoms with van der Waals surface area (Å²) in [6.45, 7) is 3.51. The molecule has 34 heavy (non-hydrogen) atoms. The average Bonchev–Trinajstić information content (AvgIpc) is 2.72. The van der Waals surface area contributed by atoms with Crippen LogP contribution in [0, 0.1) is 0 Å². The van der Waals surface area contributed by atoms with E-state index in [0.717, 1.165) is 6.92 Å². The van der Waals surface area contributed by atoms with Crippen molar-refractivity contribution >= 4 is 53.0 Å². The fourth-order valence-electron chi connectivity index (χ4n) is 2.13. The normalized spacial score (nSPS) is 11.2. The topological polar surface area (TPSA) is 164 Å². The number of carboxylic acid groups (broad SMARTS) is 2. The lowest BCUT2D eigenvalue weighted by atomic mass is 10.1. The van der Waals surface area contributed by atoms with Crippen LogP contribution in [-0.2, 0) is 33.4 Å². The van der Waals surface area contributed by atoms with Crippen molar-refractivity contribution in [3.05, 3.63) is 69.7 Å². The fraction of sp³-hybridized carbons (Fsp3) is 0.227. The second-order valence-corrected chi connectivity index (χ2v) is 7.01. The van der Waals surface area contributed by atoms with Gasteiger partial charge < -0.3 is 24.8 Å². The van der Waals surface area contributed by atoms with E-state index in [-0.39, 0.29) is 21.2 Å². The molecule has 0 fully saturated rings. The third kappa shape index (κ3) is 12.0. The number of hydrogen-bond acceptors (Lipinski definition) is 8. The first-order valence-corrected chi connectivity index (χ1v) is 10.0. The Morgan fingerprint density at radius 1 is 0.706 bits per heavy atom. The summed E-state index contributed by atoms with van der Waals surface area (Å²) >= 11 is 11.4. The van der Waals surface area contributed by atoms with E-state index in [9.17, 15) is 24.0 Å². The third-order valence-corrected chi connectivity index (χ3v) is 4.11. The van der Waals surface area contributed by atoms with Gasteiger partial charge in [0.05, 0.1) is 0 Å². The number of carbonyl (C=O) groups is 5. The van der Waals surface area contributed by atoms with E-state index in [1.165, 1.54) is 38.1 Å². The van der Waals surface area contributed by atoms with Crippen molar-refractivity contribution in [1.29, 1.82) is 0 Å². The van der Waals surface area contributed by atoms with Crippen molar-refractivity contribution in [1.82, 2.24) is 0 Å². The Kier molecular flexibility index (Phi) is 13.8. The Hall–Kier alpha value is -3.47. The summed E-state index contributed by atoms with van der Waals surface area (Å²) in [5, 5.41) is 26.9. The summed E-state index contributed by atoms with van der Waals surface area (Å²) in [5.41, 5.74) is 0.480. The van der Waals surface area contributed by atoms with Crippen molar-refractivity contribution in [3.8, 4) is 0 Å². The number of benzene rings is 2. The van der Waals surface area contributed by atoms with Gasteiger partial charge in [-0.15, -0.1) is 0 Å². The van der Waals surface area contributed by atoms with Crippen LogP contribution in [-0.4, -0.2) is 45.2 Å². The van der Waals surface area contributed by atoms with E-state index in [4.69, 9.17) is 38.5 Å². The Balaban J connectivity index is 0.000000514. The molecule has 0 heterocycles. The number of halogens is 2.